The van der Waals surface area contributed by atoms with Crippen LogP contribution in [0.5, 0.6) is 11.5 Å². The predicted octanol–water partition coefficient (Wildman–Crippen LogP) is 4.73. The van der Waals surface area contributed by atoms with Crippen molar-refractivity contribution in [2.75, 3.05) is 0 Å². The van der Waals surface area contributed by atoms with Crippen LogP contribution in [0.4, 0.5) is 4.39 Å². The molecule has 98 valence electrons. The molecule has 0 heterocycles. The van der Waals surface area contributed by atoms with Crippen LogP contribution in [0.15, 0.2) is 40.9 Å². The van der Waals surface area contributed by atoms with E-state index >= 15 is 0 Å². The standard InChI is InChI=1S/C13H7BrClFO3/c14-9-5-10(15)11(16)6-12(9)19-8-3-1-2-7(4-8)13(17)18/h1-6H,(H,17,18). The van der Waals surface area contributed by atoms with Crippen LogP contribution in [0.2, 0.25) is 5.02 Å². The van der Waals surface area contributed by atoms with Crippen LogP contribution in [0.3, 0.4) is 0 Å². The number of halogens is 3. The largest absolute Gasteiger partial charge is 0.478 e. The maximum absolute atomic E-state index is 13.3. The van der Waals surface area contributed by atoms with Gasteiger partial charge in [-0.25, -0.2) is 9.18 Å². The normalized spacial score (nSPS) is 10.3. The van der Waals surface area contributed by atoms with Crippen molar-refractivity contribution >= 4 is 33.5 Å². The highest BCUT2D eigenvalue weighted by molar-refractivity contribution is 9.10. The Labute approximate surface area is 121 Å². The van der Waals surface area contributed by atoms with E-state index in [1.54, 1.807) is 12.1 Å². The van der Waals surface area contributed by atoms with Crippen molar-refractivity contribution in [1.29, 1.82) is 0 Å². The van der Waals surface area contributed by atoms with Crippen molar-refractivity contribution in [2.24, 2.45) is 0 Å². The number of hydrogen-bond acceptors (Lipinski definition) is 2. The molecule has 1 N–H and O–H groups in total. The zero-order valence-corrected chi connectivity index (χ0v) is 11.7. The molecule has 2 aromatic carbocycles. The second-order valence-corrected chi connectivity index (χ2v) is 4.89. The maximum atomic E-state index is 13.3. The Bertz CT molecular complexity index is 646. The molecule has 0 aliphatic rings. The summed E-state index contributed by atoms with van der Waals surface area (Å²) in [4.78, 5) is 10.8. The molecule has 2 rings (SSSR count). The van der Waals surface area contributed by atoms with Gasteiger partial charge in [-0.05, 0) is 40.2 Å². The Kier molecular flexibility index (Phi) is 4.07. The van der Waals surface area contributed by atoms with E-state index in [1.165, 1.54) is 18.2 Å². The molecule has 0 aliphatic heterocycles. The third-order valence-electron chi connectivity index (χ3n) is 2.28. The van der Waals surface area contributed by atoms with Crippen molar-refractivity contribution in [2.45, 2.75) is 0 Å². The minimum absolute atomic E-state index is 0.0292. The van der Waals surface area contributed by atoms with E-state index in [4.69, 9.17) is 21.4 Å². The molecule has 3 nitrogen and oxygen atoms in total. The minimum atomic E-state index is -1.06. The lowest BCUT2D eigenvalue weighted by Gasteiger charge is -2.09. The molecule has 2 aromatic rings. The molecule has 0 saturated heterocycles. The number of rotatable bonds is 3. The van der Waals surface area contributed by atoms with E-state index in [-0.39, 0.29) is 16.3 Å². The van der Waals surface area contributed by atoms with Gasteiger partial charge in [-0.15, -0.1) is 0 Å². The average Bonchev–Trinajstić information content (AvgIpc) is 2.36. The van der Waals surface area contributed by atoms with E-state index in [0.717, 1.165) is 6.07 Å². The lowest BCUT2D eigenvalue weighted by atomic mass is 10.2. The van der Waals surface area contributed by atoms with Gasteiger partial charge in [-0.3, -0.25) is 0 Å². The Morgan fingerprint density at radius 1 is 1.32 bits per heavy atom. The summed E-state index contributed by atoms with van der Waals surface area (Å²) in [6.45, 7) is 0. The Balaban J connectivity index is 2.33. The smallest absolute Gasteiger partial charge is 0.335 e. The van der Waals surface area contributed by atoms with Crippen molar-refractivity contribution < 1.29 is 19.0 Å². The van der Waals surface area contributed by atoms with Crippen LogP contribution >= 0.6 is 27.5 Å². The summed E-state index contributed by atoms with van der Waals surface area (Å²) in [5.74, 6) is -1.17. The first-order valence-corrected chi connectivity index (χ1v) is 6.30. The summed E-state index contributed by atoms with van der Waals surface area (Å²) in [6, 6.07) is 8.39. The second-order valence-electron chi connectivity index (χ2n) is 3.63. The average molecular weight is 346 g/mol. The molecule has 0 atom stereocenters. The molecule has 0 bridgehead atoms. The molecule has 0 aliphatic carbocycles. The number of carboxylic acids is 1. The van der Waals surface area contributed by atoms with Gasteiger partial charge in [0.25, 0.3) is 0 Å². The van der Waals surface area contributed by atoms with Gasteiger partial charge >= 0.3 is 5.97 Å². The maximum Gasteiger partial charge on any atom is 0.335 e. The van der Waals surface area contributed by atoms with E-state index in [2.05, 4.69) is 15.9 Å². The molecule has 0 spiro atoms. The highest BCUT2D eigenvalue weighted by Crippen LogP contribution is 2.33. The number of ether oxygens (including phenoxy) is 1. The molecule has 0 saturated carbocycles. The Hall–Kier alpha value is -1.59. The second kappa shape index (κ2) is 5.59. The molecule has 0 radical (unpaired) electrons. The molecule has 0 fully saturated rings. The summed E-state index contributed by atoms with van der Waals surface area (Å²) < 4.78 is 19.2. The van der Waals surface area contributed by atoms with E-state index in [9.17, 15) is 9.18 Å². The summed E-state index contributed by atoms with van der Waals surface area (Å²) in [5.41, 5.74) is 0.0862. The third kappa shape index (κ3) is 3.24. The highest BCUT2D eigenvalue weighted by atomic mass is 79.9. The van der Waals surface area contributed by atoms with Crippen LogP contribution in [-0.2, 0) is 0 Å². The lowest BCUT2D eigenvalue weighted by molar-refractivity contribution is 0.0696. The van der Waals surface area contributed by atoms with Crippen molar-refractivity contribution in [3.8, 4) is 11.5 Å². The SMILES string of the molecule is O=C(O)c1cccc(Oc2cc(F)c(Cl)cc2Br)c1. The zero-order chi connectivity index (χ0) is 14.0. The van der Waals surface area contributed by atoms with E-state index < -0.39 is 11.8 Å². The molecule has 6 heteroatoms. The van der Waals surface area contributed by atoms with Gasteiger partial charge < -0.3 is 9.84 Å². The van der Waals surface area contributed by atoms with Gasteiger partial charge in [0, 0.05) is 6.07 Å². The fraction of sp³-hybridized carbons (Fsp3) is 0. The van der Waals surface area contributed by atoms with Gasteiger partial charge in [0.1, 0.15) is 17.3 Å². The Morgan fingerprint density at radius 3 is 2.74 bits per heavy atom. The highest BCUT2D eigenvalue weighted by Gasteiger charge is 2.10. The van der Waals surface area contributed by atoms with Gasteiger partial charge in [-0.1, -0.05) is 17.7 Å². The number of carbonyl (C=O) groups is 1. The predicted molar refractivity (Wildman–Crippen MR) is 72.6 cm³/mol. The number of carboxylic acid groups (broad SMARTS) is 1. The fourth-order valence-corrected chi connectivity index (χ4v) is 2.12. The number of aromatic carboxylic acids is 1. The summed E-state index contributed by atoms with van der Waals surface area (Å²) in [6.07, 6.45) is 0. The van der Waals surface area contributed by atoms with Crippen LogP contribution in [0.25, 0.3) is 0 Å². The first-order chi connectivity index (χ1) is 8.97. The van der Waals surface area contributed by atoms with Gasteiger partial charge in [0.05, 0.1) is 15.1 Å². The van der Waals surface area contributed by atoms with Crippen molar-refractivity contribution in [3.05, 3.63) is 57.3 Å². The van der Waals surface area contributed by atoms with Crippen molar-refractivity contribution in [1.82, 2.24) is 0 Å². The zero-order valence-electron chi connectivity index (χ0n) is 9.36. The van der Waals surface area contributed by atoms with E-state index in [1.807, 2.05) is 0 Å². The molecule has 0 unspecified atom stereocenters. The fourth-order valence-electron chi connectivity index (χ4n) is 1.40. The van der Waals surface area contributed by atoms with Crippen LogP contribution < -0.4 is 4.74 Å². The Morgan fingerprint density at radius 2 is 2.05 bits per heavy atom. The monoisotopic (exact) mass is 344 g/mol. The first-order valence-electron chi connectivity index (χ1n) is 5.13. The molecular weight excluding hydrogens is 338 g/mol. The molecule has 0 aromatic heterocycles. The van der Waals surface area contributed by atoms with Crippen LogP contribution in [-0.4, -0.2) is 11.1 Å². The van der Waals surface area contributed by atoms with E-state index in [0.29, 0.717) is 10.2 Å². The summed E-state index contributed by atoms with van der Waals surface area (Å²) >= 11 is 8.81. The summed E-state index contributed by atoms with van der Waals surface area (Å²) in [5, 5.41) is 8.84. The molecular formula is C13H7BrClFO3. The summed E-state index contributed by atoms with van der Waals surface area (Å²) in [7, 11) is 0. The topological polar surface area (TPSA) is 46.5 Å². The number of benzene rings is 2. The molecule has 19 heavy (non-hydrogen) atoms. The van der Waals surface area contributed by atoms with Crippen LogP contribution in [0, 0.1) is 5.82 Å². The lowest BCUT2D eigenvalue weighted by Crippen LogP contribution is -1.96. The quantitative estimate of drug-likeness (QED) is 0.818. The third-order valence-corrected chi connectivity index (χ3v) is 3.19. The van der Waals surface area contributed by atoms with Crippen molar-refractivity contribution in [3.63, 3.8) is 0 Å². The minimum Gasteiger partial charge on any atom is -0.478 e. The van der Waals surface area contributed by atoms with Gasteiger partial charge in [-0.2, -0.15) is 0 Å². The first kappa shape index (κ1) is 13.8. The van der Waals surface area contributed by atoms with Crippen LogP contribution in [0.1, 0.15) is 10.4 Å². The van der Waals surface area contributed by atoms with Gasteiger partial charge in [0.2, 0.25) is 0 Å². The van der Waals surface area contributed by atoms with Gasteiger partial charge in [0.15, 0.2) is 0 Å². The molecule has 0 amide bonds. The number of hydrogen-bond donors (Lipinski definition) is 1.